The predicted octanol–water partition coefficient (Wildman–Crippen LogP) is 3.21. The first-order valence-electron chi connectivity index (χ1n) is 6.77. The van der Waals surface area contributed by atoms with Crippen LogP contribution in [0, 0.1) is 11.8 Å². The maximum absolute atomic E-state index is 11.5. The van der Waals surface area contributed by atoms with Crippen LogP contribution in [0.5, 0.6) is 0 Å². The monoisotopic (exact) mass is 233 g/mol. The van der Waals surface area contributed by atoms with Crippen molar-refractivity contribution in [2.45, 2.75) is 46.0 Å². The minimum absolute atomic E-state index is 0.244. The highest BCUT2D eigenvalue weighted by molar-refractivity contribution is 5.80. The van der Waals surface area contributed by atoms with Gasteiger partial charge >= 0.3 is 0 Å². The van der Waals surface area contributed by atoms with Gasteiger partial charge in [0.1, 0.15) is 0 Å². The number of carbonyl (C=O) groups excluding carboxylic acids is 1. The average molecular weight is 233 g/mol. The standard InChI is InChI=1S/C15H23NO/c1-11-3-5-13(6-4-11)12(2)9-10-16-15(17)14-7-8-14/h3,9,13-14H,4-8,10H2,1-2H3,(H,16,17). The number of amides is 1. The highest BCUT2D eigenvalue weighted by atomic mass is 16.2. The summed E-state index contributed by atoms with van der Waals surface area (Å²) in [5.41, 5.74) is 2.96. The molecule has 0 aromatic carbocycles. The zero-order chi connectivity index (χ0) is 12.3. The van der Waals surface area contributed by atoms with Gasteiger partial charge in [-0.25, -0.2) is 0 Å². The Hall–Kier alpha value is -1.05. The van der Waals surface area contributed by atoms with Gasteiger partial charge in [-0.05, 0) is 51.9 Å². The lowest BCUT2D eigenvalue weighted by Gasteiger charge is -2.21. The largest absolute Gasteiger partial charge is 0.352 e. The van der Waals surface area contributed by atoms with Gasteiger partial charge in [0, 0.05) is 12.5 Å². The van der Waals surface area contributed by atoms with E-state index in [4.69, 9.17) is 0 Å². The molecule has 17 heavy (non-hydrogen) atoms. The van der Waals surface area contributed by atoms with Gasteiger partial charge < -0.3 is 5.32 Å². The van der Waals surface area contributed by atoms with E-state index >= 15 is 0 Å². The molecule has 2 nitrogen and oxygen atoms in total. The number of allylic oxidation sites excluding steroid dienone is 3. The molecule has 2 heteroatoms. The maximum atomic E-state index is 11.5. The lowest BCUT2D eigenvalue weighted by atomic mass is 9.85. The van der Waals surface area contributed by atoms with Crippen molar-refractivity contribution in [2.24, 2.45) is 11.8 Å². The van der Waals surface area contributed by atoms with Crippen molar-refractivity contribution in [3.05, 3.63) is 23.3 Å². The molecular formula is C15H23NO. The van der Waals surface area contributed by atoms with E-state index < -0.39 is 0 Å². The summed E-state index contributed by atoms with van der Waals surface area (Å²) in [7, 11) is 0. The molecule has 2 aliphatic carbocycles. The van der Waals surface area contributed by atoms with Gasteiger partial charge in [-0.1, -0.05) is 23.3 Å². The second-order valence-electron chi connectivity index (χ2n) is 5.49. The van der Waals surface area contributed by atoms with Crippen LogP contribution in [0.3, 0.4) is 0 Å². The molecule has 0 radical (unpaired) electrons. The van der Waals surface area contributed by atoms with Crippen LogP contribution >= 0.6 is 0 Å². The van der Waals surface area contributed by atoms with E-state index in [1.807, 2.05) is 0 Å². The van der Waals surface area contributed by atoms with Crippen molar-refractivity contribution in [1.82, 2.24) is 5.32 Å². The molecular weight excluding hydrogens is 210 g/mol. The van der Waals surface area contributed by atoms with Gasteiger partial charge in [0.15, 0.2) is 0 Å². The van der Waals surface area contributed by atoms with Crippen molar-refractivity contribution < 1.29 is 4.79 Å². The van der Waals surface area contributed by atoms with E-state index in [-0.39, 0.29) is 5.91 Å². The molecule has 0 spiro atoms. The summed E-state index contributed by atoms with van der Waals surface area (Å²) in [5, 5.41) is 2.99. The smallest absolute Gasteiger partial charge is 0.223 e. The fourth-order valence-corrected chi connectivity index (χ4v) is 2.35. The molecule has 1 fully saturated rings. The Bertz CT molecular complexity index is 350. The Balaban J connectivity index is 1.74. The molecule has 0 heterocycles. The third-order valence-electron chi connectivity index (χ3n) is 3.93. The highest BCUT2D eigenvalue weighted by Gasteiger charge is 2.28. The van der Waals surface area contributed by atoms with Crippen molar-refractivity contribution in [3.63, 3.8) is 0 Å². The minimum atomic E-state index is 0.244. The van der Waals surface area contributed by atoms with Crippen molar-refractivity contribution in [2.75, 3.05) is 6.54 Å². The van der Waals surface area contributed by atoms with E-state index in [1.54, 1.807) is 0 Å². The van der Waals surface area contributed by atoms with Crippen LogP contribution in [0.15, 0.2) is 23.3 Å². The third kappa shape index (κ3) is 3.72. The third-order valence-corrected chi connectivity index (χ3v) is 3.93. The molecule has 1 atom stereocenters. The number of hydrogen-bond acceptors (Lipinski definition) is 1. The van der Waals surface area contributed by atoms with Gasteiger partial charge in [-0.3, -0.25) is 4.79 Å². The van der Waals surface area contributed by atoms with E-state index in [2.05, 4.69) is 31.3 Å². The normalized spacial score (nSPS) is 25.4. The lowest BCUT2D eigenvalue weighted by Crippen LogP contribution is -2.25. The molecule has 0 aromatic heterocycles. The second-order valence-corrected chi connectivity index (χ2v) is 5.49. The van der Waals surface area contributed by atoms with E-state index in [0.29, 0.717) is 18.4 Å². The van der Waals surface area contributed by atoms with Gasteiger partial charge in [0.2, 0.25) is 5.91 Å². The molecule has 0 aromatic rings. The molecule has 0 aliphatic heterocycles. The first-order valence-corrected chi connectivity index (χ1v) is 6.77. The molecule has 94 valence electrons. The van der Waals surface area contributed by atoms with Crippen molar-refractivity contribution in [3.8, 4) is 0 Å². The van der Waals surface area contributed by atoms with E-state index in [1.165, 1.54) is 30.4 Å². The van der Waals surface area contributed by atoms with E-state index in [9.17, 15) is 4.79 Å². The molecule has 1 N–H and O–H groups in total. The van der Waals surface area contributed by atoms with Crippen molar-refractivity contribution in [1.29, 1.82) is 0 Å². The van der Waals surface area contributed by atoms with Crippen LogP contribution in [-0.2, 0) is 4.79 Å². The van der Waals surface area contributed by atoms with Crippen LogP contribution in [0.4, 0.5) is 0 Å². The summed E-state index contributed by atoms with van der Waals surface area (Å²) in [5.74, 6) is 1.26. The first kappa shape index (κ1) is 12.4. The van der Waals surface area contributed by atoms with Gasteiger partial charge in [-0.2, -0.15) is 0 Å². The van der Waals surface area contributed by atoms with Gasteiger partial charge in [-0.15, -0.1) is 0 Å². The number of nitrogens with one attached hydrogen (secondary N) is 1. The van der Waals surface area contributed by atoms with Crippen LogP contribution < -0.4 is 5.32 Å². The zero-order valence-electron chi connectivity index (χ0n) is 11.0. The Labute approximate surface area is 104 Å². The summed E-state index contributed by atoms with van der Waals surface area (Å²) in [6, 6.07) is 0. The highest BCUT2D eigenvalue weighted by Crippen LogP contribution is 2.29. The number of carbonyl (C=O) groups is 1. The number of hydrogen-bond donors (Lipinski definition) is 1. The fourth-order valence-electron chi connectivity index (χ4n) is 2.35. The van der Waals surface area contributed by atoms with Crippen LogP contribution in [0.1, 0.15) is 46.0 Å². The van der Waals surface area contributed by atoms with Crippen molar-refractivity contribution >= 4 is 5.91 Å². The summed E-state index contributed by atoms with van der Waals surface area (Å²) in [6.45, 7) is 5.12. The summed E-state index contributed by atoms with van der Waals surface area (Å²) >= 11 is 0. The Kier molecular flexibility index (Phi) is 4.03. The van der Waals surface area contributed by atoms with Gasteiger partial charge in [0.05, 0.1) is 0 Å². The van der Waals surface area contributed by atoms with E-state index in [0.717, 1.165) is 12.8 Å². The molecule has 2 rings (SSSR count). The molecule has 1 amide bonds. The second kappa shape index (κ2) is 5.52. The molecule has 2 aliphatic rings. The summed E-state index contributed by atoms with van der Waals surface area (Å²) in [4.78, 5) is 11.5. The molecule has 0 saturated heterocycles. The summed E-state index contributed by atoms with van der Waals surface area (Å²) < 4.78 is 0. The Morgan fingerprint density at radius 1 is 1.41 bits per heavy atom. The predicted molar refractivity (Wildman–Crippen MR) is 70.6 cm³/mol. The summed E-state index contributed by atoms with van der Waals surface area (Å²) in [6.07, 6.45) is 10.4. The molecule has 1 saturated carbocycles. The fraction of sp³-hybridized carbons (Fsp3) is 0.667. The van der Waals surface area contributed by atoms with Gasteiger partial charge in [0.25, 0.3) is 0 Å². The Morgan fingerprint density at radius 2 is 2.18 bits per heavy atom. The number of rotatable bonds is 4. The SMILES string of the molecule is CC1=CCC(C(C)=CCNC(=O)C2CC2)CC1. The Morgan fingerprint density at radius 3 is 2.76 bits per heavy atom. The minimum Gasteiger partial charge on any atom is -0.352 e. The molecule has 1 unspecified atom stereocenters. The zero-order valence-corrected chi connectivity index (χ0v) is 11.0. The molecule has 0 bridgehead atoms. The van der Waals surface area contributed by atoms with Crippen LogP contribution in [-0.4, -0.2) is 12.5 Å². The maximum Gasteiger partial charge on any atom is 0.223 e. The van der Waals surface area contributed by atoms with Crippen LogP contribution in [0.2, 0.25) is 0 Å². The first-order chi connectivity index (χ1) is 8.16. The quantitative estimate of drug-likeness (QED) is 0.742. The average Bonchev–Trinajstić information content (AvgIpc) is 3.13. The lowest BCUT2D eigenvalue weighted by molar-refractivity contribution is -0.122. The topological polar surface area (TPSA) is 29.1 Å². The van der Waals surface area contributed by atoms with Crippen LogP contribution in [0.25, 0.3) is 0 Å².